The zero-order valence-corrected chi connectivity index (χ0v) is 17.1. The van der Waals surface area contributed by atoms with E-state index >= 15 is 0 Å². The van der Waals surface area contributed by atoms with E-state index in [1.165, 1.54) is 30.3 Å². The van der Waals surface area contributed by atoms with Crippen LogP contribution in [0.5, 0.6) is 0 Å². The number of carbonyl (C=O) groups excluding carboxylic acids is 2. The van der Waals surface area contributed by atoms with Gasteiger partial charge in [-0.1, -0.05) is 12.1 Å². The Labute approximate surface area is 177 Å². The highest BCUT2D eigenvalue weighted by Gasteiger charge is 2.24. The minimum absolute atomic E-state index is 0.164. The summed E-state index contributed by atoms with van der Waals surface area (Å²) in [6.45, 7) is 2.07. The van der Waals surface area contributed by atoms with Crippen LogP contribution >= 0.6 is 0 Å². The van der Waals surface area contributed by atoms with Crippen molar-refractivity contribution in [1.82, 2.24) is 4.90 Å². The van der Waals surface area contributed by atoms with Crippen molar-refractivity contribution in [3.63, 3.8) is 0 Å². The lowest BCUT2D eigenvalue weighted by Crippen LogP contribution is -2.35. The van der Waals surface area contributed by atoms with Gasteiger partial charge in [-0.15, -0.1) is 0 Å². The van der Waals surface area contributed by atoms with Crippen LogP contribution in [0.15, 0.2) is 57.7 Å². The normalized spacial score (nSPS) is 12.0. The summed E-state index contributed by atoms with van der Waals surface area (Å²) >= 11 is 0. The van der Waals surface area contributed by atoms with E-state index in [2.05, 4.69) is 5.32 Å². The SMILES string of the molecule is CCOC(=O)Nc1ccc2c(CN(C)C(C(N)=O)c3cccc(F)c3)cc(=O)oc2c1. The molecule has 0 radical (unpaired) electrons. The fourth-order valence-electron chi connectivity index (χ4n) is 3.40. The Bertz CT molecular complexity index is 1180. The summed E-state index contributed by atoms with van der Waals surface area (Å²) in [5.41, 5.74) is 6.62. The third kappa shape index (κ3) is 5.26. The summed E-state index contributed by atoms with van der Waals surface area (Å²) in [5, 5.41) is 3.16. The number of nitrogens with zero attached hydrogens (tertiary/aromatic N) is 1. The van der Waals surface area contributed by atoms with Crippen LogP contribution in [-0.2, 0) is 16.1 Å². The van der Waals surface area contributed by atoms with Crippen LogP contribution in [0.25, 0.3) is 11.0 Å². The predicted octanol–water partition coefficient (Wildman–Crippen LogP) is 3.16. The first-order valence-corrected chi connectivity index (χ1v) is 9.54. The van der Waals surface area contributed by atoms with Crippen LogP contribution < -0.4 is 16.7 Å². The average molecular weight is 427 g/mol. The zero-order valence-electron chi connectivity index (χ0n) is 17.1. The molecule has 1 unspecified atom stereocenters. The van der Waals surface area contributed by atoms with Crippen LogP contribution in [0, 0.1) is 5.82 Å². The number of fused-ring (bicyclic) bond motifs is 1. The first-order valence-electron chi connectivity index (χ1n) is 9.54. The number of halogens is 1. The number of primary amides is 1. The van der Waals surface area contributed by atoms with Crippen molar-refractivity contribution >= 4 is 28.7 Å². The Hall–Kier alpha value is -3.72. The number of likely N-dealkylation sites (N-methyl/N-ethyl adjacent to an activating group) is 1. The molecule has 0 aliphatic rings. The van der Waals surface area contributed by atoms with Gasteiger partial charge in [-0.05, 0) is 49.4 Å². The van der Waals surface area contributed by atoms with Crippen molar-refractivity contribution in [2.24, 2.45) is 5.73 Å². The molecule has 1 atom stereocenters. The number of nitrogens with two attached hydrogens (primary N) is 1. The molecule has 3 N–H and O–H groups in total. The second kappa shape index (κ2) is 9.40. The van der Waals surface area contributed by atoms with E-state index in [1.807, 2.05) is 0 Å². The Morgan fingerprint density at radius 3 is 2.68 bits per heavy atom. The van der Waals surface area contributed by atoms with Gasteiger partial charge in [0.2, 0.25) is 5.91 Å². The van der Waals surface area contributed by atoms with E-state index in [0.717, 1.165) is 0 Å². The van der Waals surface area contributed by atoms with Gasteiger partial charge in [0, 0.05) is 29.8 Å². The van der Waals surface area contributed by atoms with E-state index in [-0.39, 0.29) is 18.7 Å². The summed E-state index contributed by atoms with van der Waals surface area (Å²) in [7, 11) is 1.65. The smallest absolute Gasteiger partial charge is 0.411 e. The second-order valence-electron chi connectivity index (χ2n) is 6.92. The molecule has 0 spiro atoms. The van der Waals surface area contributed by atoms with E-state index in [9.17, 15) is 18.8 Å². The molecule has 3 rings (SSSR count). The van der Waals surface area contributed by atoms with E-state index in [4.69, 9.17) is 14.9 Å². The van der Waals surface area contributed by atoms with Crippen LogP contribution in [0.4, 0.5) is 14.9 Å². The van der Waals surface area contributed by atoms with Gasteiger partial charge in [-0.25, -0.2) is 14.0 Å². The Balaban J connectivity index is 1.93. The second-order valence-corrected chi connectivity index (χ2v) is 6.92. The molecule has 8 nitrogen and oxygen atoms in total. The van der Waals surface area contributed by atoms with E-state index in [0.29, 0.717) is 22.2 Å². The molecule has 2 aromatic carbocycles. The fourth-order valence-corrected chi connectivity index (χ4v) is 3.40. The monoisotopic (exact) mass is 427 g/mol. The van der Waals surface area contributed by atoms with Crippen molar-refractivity contribution < 1.29 is 23.1 Å². The fraction of sp³-hybridized carbons (Fsp3) is 0.227. The minimum Gasteiger partial charge on any atom is -0.450 e. The third-order valence-corrected chi connectivity index (χ3v) is 4.65. The van der Waals surface area contributed by atoms with Gasteiger partial charge in [0.1, 0.15) is 17.4 Å². The molecule has 162 valence electrons. The van der Waals surface area contributed by atoms with Gasteiger partial charge in [-0.3, -0.25) is 15.0 Å². The van der Waals surface area contributed by atoms with Gasteiger partial charge in [0.15, 0.2) is 0 Å². The van der Waals surface area contributed by atoms with Crippen molar-refractivity contribution in [1.29, 1.82) is 0 Å². The molecule has 0 aliphatic carbocycles. The molecule has 9 heteroatoms. The first kappa shape index (κ1) is 22.0. The summed E-state index contributed by atoms with van der Waals surface area (Å²) in [5.74, 6) is -1.13. The molecule has 0 aliphatic heterocycles. The van der Waals surface area contributed by atoms with Crippen molar-refractivity contribution in [2.45, 2.75) is 19.5 Å². The van der Waals surface area contributed by atoms with Gasteiger partial charge in [-0.2, -0.15) is 0 Å². The molecular formula is C22H22FN3O5. The molecule has 31 heavy (non-hydrogen) atoms. The number of carbonyl (C=O) groups is 2. The summed E-state index contributed by atoms with van der Waals surface area (Å²) in [6, 6.07) is 10.9. The largest absolute Gasteiger partial charge is 0.450 e. The number of amides is 2. The molecule has 1 aromatic heterocycles. The zero-order chi connectivity index (χ0) is 22.5. The summed E-state index contributed by atoms with van der Waals surface area (Å²) < 4.78 is 23.8. The molecule has 1 heterocycles. The predicted molar refractivity (Wildman–Crippen MR) is 113 cm³/mol. The van der Waals surface area contributed by atoms with Crippen LogP contribution in [0.1, 0.15) is 24.1 Å². The highest BCUT2D eigenvalue weighted by Crippen LogP contribution is 2.26. The van der Waals surface area contributed by atoms with Crippen molar-refractivity contribution in [3.8, 4) is 0 Å². The molecule has 0 saturated heterocycles. The standard InChI is InChI=1S/C22H22FN3O5/c1-3-30-22(29)25-16-7-8-17-14(10-19(27)31-18(17)11-16)12-26(2)20(21(24)28)13-5-4-6-15(23)9-13/h4-11,20H,3,12H2,1-2H3,(H2,24,28)(H,25,29). The number of hydrogen-bond acceptors (Lipinski definition) is 6. The molecule has 0 bridgehead atoms. The number of nitrogens with one attached hydrogen (secondary N) is 1. The molecular weight excluding hydrogens is 405 g/mol. The number of rotatable bonds is 7. The Kier molecular flexibility index (Phi) is 6.66. The van der Waals surface area contributed by atoms with Gasteiger partial charge in [0.05, 0.1) is 6.61 Å². The van der Waals surface area contributed by atoms with Gasteiger partial charge >= 0.3 is 11.7 Å². The quantitative estimate of drug-likeness (QED) is 0.560. The average Bonchev–Trinajstić information content (AvgIpc) is 2.67. The molecule has 2 amide bonds. The molecule has 3 aromatic rings. The summed E-state index contributed by atoms with van der Waals surface area (Å²) in [4.78, 5) is 37.4. The topological polar surface area (TPSA) is 115 Å². The Morgan fingerprint density at radius 2 is 2.00 bits per heavy atom. The highest BCUT2D eigenvalue weighted by atomic mass is 19.1. The van der Waals surface area contributed by atoms with Crippen molar-refractivity contribution in [2.75, 3.05) is 19.0 Å². The van der Waals surface area contributed by atoms with Crippen LogP contribution in [0.2, 0.25) is 0 Å². The lowest BCUT2D eigenvalue weighted by molar-refractivity contribution is -0.123. The van der Waals surface area contributed by atoms with E-state index in [1.54, 1.807) is 37.1 Å². The maximum atomic E-state index is 13.7. The number of benzene rings is 2. The van der Waals surface area contributed by atoms with Gasteiger partial charge in [0.25, 0.3) is 0 Å². The lowest BCUT2D eigenvalue weighted by Gasteiger charge is -2.26. The maximum Gasteiger partial charge on any atom is 0.411 e. The number of anilines is 1. The number of ether oxygens (including phenoxy) is 1. The van der Waals surface area contributed by atoms with Gasteiger partial charge < -0.3 is 14.9 Å². The third-order valence-electron chi connectivity index (χ3n) is 4.65. The lowest BCUT2D eigenvalue weighted by atomic mass is 10.0. The number of hydrogen-bond donors (Lipinski definition) is 2. The Morgan fingerprint density at radius 1 is 1.23 bits per heavy atom. The van der Waals surface area contributed by atoms with E-state index < -0.39 is 29.5 Å². The molecule has 0 fully saturated rings. The van der Waals surface area contributed by atoms with Crippen LogP contribution in [0.3, 0.4) is 0 Å². The summed E-state index contributed by atoms with van der Waals surface area (Å²) in [6.07, 6.45) is -0.625. The molecule has 0 saturated carbocycles. The minimum atomic E-state index is -0.900. The van der Waals surface area contributed by atoms with Crippen LogP contribution in [-0.4, -0.2) is 30.6 Å². The first-order chi connectivity index (χ1) is 14.8. The van der Waals surface area contributed by atoms with Crippen molar-refractivity contribution in [3.05, 3.63) is 75.9 Å². The highest BCUT2D eigenvalue weighted by molar-refractivity contribution is 5.90. The maximum absolute atomic E-state index is 13.7.